The van der Waals surface area contributed by atoms with Crippen LogP contribution in [-0.2, 0) is 4.79 Å². The smallest absolute Gasteiger partial charge is 0.406 e. The van der Waals surface area contributed by atoms with Gasteiger partial charge in [-0.15, -0.1) is 13.2 Å². The molecule has 1 amide bonds. The number of hydrogen-bond donors (Lipinski definition) is 0. The third-order valence-corrected chi connectivity index (χ3v) is 5.51. The first-order valence-electron chi connectivity index (χ1n) is 11.0. The molecule has 3 rings (SSSR count). The molecule has 35 heavy (non-hydrogen) atoms. The molecule has 0 saturated carbocycles. The minimum atomic E-state index is -4.74. The predicted molar refractivity (Wildman–Crippen MR) is 134 cm³/mol. The van der Waals surface area contributed by atoms with Crippen molar-refractivity contribution in [1.29, 1.82) is 0 Å². The van der Waals surface area contributed by atoms with Gasteiger partial charge < -0.3 is 19.4 Å². The second kappa shape index (κ2) is 10.8. The van der Waals surface area contributed by atoms with Crippen molar-refractivity contribution in [3.05, 3.63) is 65.7 Å². The average Bonchev–Trinajstić information content (AvgIpc) is 2.80. The molecule has 1 aromatic heterocycles. The van der Waals surface area contributed by atoms with E-state index in [-0.39, 0.29) is 11.7 Å². The Morgan fingerprint density at radius 3 is 2.31 bits per heavy atom. The maximum Gasteiger partial charge on any atom is 0.573 e. The van der Waals surface area contributed by atoms with E-state index in [0.29, 0.717) is 11.3 Å². The van der Waals surface area contributed by atoms with E-state index in [9.17, 15) is 18.0 Å². The molecule has 0 unspecified atom stereocenters. The highest BCUT2D eigenvalue weighted by atomic mass is 19.4. The molecular formula is C26H29F3N4O2. The summed E-state index contributed by atoms with van der Waals surface area (Å²) in [5.74, 6) is 0.305. The van der Waals surface area contributed by atoms with Crippen LogP contribution in [0.15, 0.2) is 54.6 Å². The van der Waals surface area contributed by atoms with Gasteiger partial charge in [0.15, 0.2) is 0 Å². The van der Waals surface area contributed by atoms with Crippen LogP contribution in [0.3, 0.4) is 0 Å². The van der Waals surface area contributed by atoms with Crippen molar-refractivity contribution in [3.63, 3.8) is 0 Å². The first-order valence-corrected chi connectivity index (χ1v) is 11.0. The highest BCUT2D eigenvalue weighted by Crippen LogP contribution is 2.27. The molecule has 3 aromatic rings. The van der Waals surface area contributed by atoms with Gasteiger partial charge in [-0.3, -0.25) is 4.79 Å². The van der Waals surface area contributed by atoms with Gasteiger partial charge in [-0.25, -0.2) is 4.98 Å². The fourth-order valence-corrected chi connectivity index (χ4v) is 3.42. The Hall–Kier alpha value is -3.59. The van der Waals surface area contributed by atoms with Gasteiger partial charge in [0.05, 0.1) is 5.52 Å². The minimum Gasteiger partial charge on any atom is -0.406 e. The van der Waals surface area contributed by atoms with Crippen LogP contribution in [0.5, 0.6) is 5.75 Å². The van der Waals surface area contributed by atoms with Crippen molar-refractivity contribution >= 4 is 34.4 Å². The Bertz CT molecular complexity index is 1210. The molecule has 0 spiro atoms. The van der Waals surface area contributed by atoms with Crippen LogP contribution in [0.4, 0.5) is 24.7 Å². The molecule has 2 aromatic carbocycles. The van der Waals surface area contributed by atoms with Crippen LogP contribution >= 0.6 is 0 Å². The zero-order chi connectivity index (χ0) is 25.8. The number of halogens is 3. The molecule has 0 fully saturated rings. The van der Waals surface area contributed by atoms with E-state index in [1.54, 1.807) is 13.1 Å². The summed E-state index contributed by atoms with van der Waals surface area (Å²) in [7, 11) is 7.75. The first kappa shape index (κ1) is 26.0. The second-order valence-corrected chi connectivity index (χ2v) is 8.57. The van der Waals surface area contributed by atoms with Crippen LogP contribution in [0.2, 0.25) is 0 Å². The Morgan fingerprint density at radius 2 is 1.69 bits per heavy atom. The van der Waals surface area contributed by atoms with Crippen LogP contribution in [0, 0.1) is 6.92 Å². The Kier molecular flexibility index (Phi) is 8.01. The topological polar surface area (TPSA) is 48.9 Å². The van der Waals surface area contributed by atoms with Crippen molar-refractivity contribution in [2.45, 2.75) is 13.3 Å². The van der Waals surface area contributed by atoms with Crippen molar-refractivity contribution in [3.8, 4) is 5.75 Å². The fraction of sp³-hybridized carbons (Fsp3) is 0.308. The molecule has 6 nitrogen and oxygen atoms in total. The normalized spacial score (nSPS) is 11.9. The van der Waals surface area contributed by atoms with E-state index in [0.717, 1.165) is 35.4 Å². The van der Waals surface area contributed by atoms with Gasteiger partial charge in [0.1, 0.15) is 11.6 Å². The van der Waals surface area contributed by atoms with Crippen LogP contribution < -0.4 is 14.5 Å². The molecule has 0 aliphatic rings. The predicted octanol–water partition coefficient (Wildman–Crippen LogP) is 5.12. The number of amides is 1. The summed E-state index contributed by atoms with van der Waals surface area (Å²) < 4.78 is 40.7. The van der Waals surface area contributed by atoms with E-state index < -0.39 is 6.36 Å². The highest BCUT2D eigenvalue weighted by molar-refractivity contribution is 6.04. The molecule has 0 saturated heterocycles. The SMILES string of the molecule is Cc1cc(N(C)CCN(C)C)nc2ccc(N(C)C(=O)C=Cc3ccc(OC(F)(F)F)cc3)cc12. The van der Waals surface area contributed by atoms with Crippen molar-refractivity contribution in [2.75, 3.05) is 51.1 Å². The summed E-state index contributed by atoms with van der Waals surface area (Å²) >= 11 is 0. The maximum absolute atomic E-state index is 12.7. The number of nitrogens with zero attached hydrogens (tertiary/aromatic N) is 4. The number of fused-ring (bicyclic) bond motifs is 1. The summed E-state index contributed by atoms with van der Waals surface area (Å²) in [5, 5.41) is 0.955. The van der Waals surface area contributed by atoms with Crippen LogP contribution in [-0.4, -0.2) is 63.4 Å². The van der Waals surface area contributed by atoms with Crippen LogP contribution in [0.25, 0.3) is 17.0 Å². The number of ether oxygens (including phenoxy) is 1. The third-order valence-electron chi connectivity index (χ3n) is 5.51. The monoisotopic (exact) mass is 486 g/mol. The van der Waals surface area contributed by atoms with Gasteiger partial charge in [-0.05, 0) is 74.6 Å². The second-order valence-electron chi connectivity index (χ2n) is 8.57. The standard InChI is InChI=1S/C26H29F3N4O2/c1-18-16-24(32(4)15-14-31(2)3)30-23-12-9-20(17-22(18)23)33(5)25(34)13-8-19-6-10-21(11-7-19)35-26(27,28)29/h6-13,16-17H,14-15H2,1-5H3. The summed E-state index contributed by atoms with van der Waals surface area (Å²) in [6, 6.07) is 13.0. The van der Waals surface area contributed by atoms with E-state index in [1.807, 2.05) is 52.3 Å². The fourth-order valence-electron chi connectivity index (χ4n) is 3.42. The molecule has 0 atom stereocenters. The molecule has 0 aliphatic heterocycles. The number of carbonyl (C=O) groups excluding carboxylic acids is 1. The van der Waals surface area contributed by atoms with E-state index in [4.69, 9.17) is 4.98 Å². The Morgan fingerprint density at radius 1 is 1.00 bits per heavy atom. The van der Waals surface area contributed by atoms with E-state index in [2.05, 4.69) is 14.5 Å². The Labute approximate surface area is 203 Å². The number of hydrogen-bond acceptors (Lipinski definition) is 5. The number of alkyl halides is 3. The van der Waals surface area contributed by atoms with Gasteiger partial charge in [-0.2, -0.15) is 0 Å². The van der Waals surface area contributed by atoms with Crippen LogP contribution in [0.1, 0.15) is 11.1 Å². The quantitative estimate of drug-likeness (QED) is 0.414. The van der Waals surface area contributed by atoms with Gasteiger partial charge in [0.25, 0.3) is 5.91 Å². The zero-order valence-electron chi connectivity index (χ0n) is 20.4. The molecule has 0 radical (unpaired) electrons. The lowest BCUT2D eigenvalue weighted by molar-refractivity contribution is -0.274. The van der Waals surface area contributed by atoms with Crippen molar-refractivity contribution < 1.29 is 22.7 Å². The molecular weight excluding hydrogens is 457 g/mol. The van der Waals surface area contributed by atoms with E-state index in [1.165, 1.54) is 35.2 Å². The van der Waals surface area contributed by atoms with Crippen molar-refractivity contribution in [2.24, 2.45) is 0 Å². The summed E-state index contributed by atoms with van der Waals surface area (Å²) in [5.41, 5.74) is 3.18. The number of carbonyl (C=O) groups is 1. The molecule has 1 heterocycles. The number of aromatic nitrogens is 1. The number of pyridine rings is 1. The van der Waals surface area contributed by atoms with Gasteiger partial charge >= 0.3 is 6.36 Å². The number of benzene rings is 2. The summed E-state index contributed by atoms with van der Waals surface area (Å²) in [6.07, 6.45) is -1.83. The van der Waals surface area contributed by atoms with Gasteiger partial charge in [0.2, 0.25) is 0 Å². The average molecular weight is 487 g/mol. The number of likely N-dealkylation sites (N-methyl/N-ethyl adjacent to an activating group) is 3. The molecule has 0 aliphatic carbocycles. The lowest BCUT2D eigenvalue weighted by Gasteiger charge is -2.22. The lowest BCUT2D eigenvalue weighted by Crippen LogP contribution is -2.29. The highest BCUT2D eigenvalue weighted by Gasteiger charge is 2.30. The lowest BCUT2D eigenvalue weighted by atomic mass is 10.1. The number of aryl methyl sites for hydroxylation is 1. The van der Waals surface area contributed by atoms with E-state index >= 15 is 0 Å². The summed E-state index contributed by atoms with van der Waals surface area (Å²) in [6.45, 7) is 3.79. The number of anilines is 2. The molecule has 0 N–H and O–H groups in total. The molecule has 186 valence electrons. The largest absolute Gasteiger partial charge is 0.573 e. The van der Waals surface area contributed by atoms with Gasteiger partial charge in [0, 0.05) is 44.3 Å². The van der Waals surface area contributed by atoms with Crippen molar-refractivity contribution in [1.82, 2.24) is 9.88 Å². The minimum absolute atomic E-state index is 0.273. The molecule has 9 heteroatoms. The zero-order valence-corrected chi connectivity index (χ0v) is 20.4. The number of rotatable bonds is 8. The first-order chi connectivity index (χ1) is 16.4. The summed E-state index contributed by atoms with van der Waals surface area (Å²) in [4.78, 5) is 23.2. The molecule has 0 bridgehead atoms. The maximum atomic E-state index is 12.7. The third kappa shape index (κ3) is 7.19. The van der Waals surface area contributed by atoms with Gasteiger partial charge in [-0.1, -0.05) is 12.1 Å². The Balaban J connectivity index is 1.73.